The normalized spacial score (nSPS) is 27.4. The van der Waals surface area contributed by atoms with E-state index in [0.29, 0.717) is 12.0 Å². The van der Waals surface area contributed by atoms with Crippen molar-refractivity contribution in [3.05, 3.63) is 0 Å². The van der Waals surface area contributed by atoms with E-state index in [9.17, 15) is 0 Å². The van der Waals surface area contributed by atoms with E-state index in [4.69, 9.17) is 10.5 Å². The van der Waals surface area contributed by atoms with Crippen LogP contribution >= 0.6 is 0 Å². The van der Waals surface area contributed by atoms with Gasteiger partial charge in [0.2, 0.25) is 0 Å². The van der Waals surface area contributed by atoms with Crippen molar-refractivity contribution in [3.8, 4) is 0 Å². The number of nitrogens with two attached hydrogens (primary N) is 1. The van der Waals surface area contributed by atoms with E-state index in [0.717, 1.165) is 12.6 Å². The van der Waals surface area contributed by atoms with Gasteiger partial charge in [0, 0.05) is 32.3 Å². The highest BCUT2D eigenvalue weighted by atomic mass is 16.5. The summed E-state index contributed by atoms with van der Waals surface area (Å²) in [7, 11) is 1.79. The zero-order valence-electron chi connectivity index (χ0n) is 11.8. The fourth-order valence-corrected chi connectivity index (χ4v) is 2.91. The molecule has 0 aromatic heterocycles. The zero-order valence-corrected chi connectivity index (χ0v) is 11.8. The molecule has 0 saturated heterocycles. The lowest BCUT2D eigenvalue weighted by atomic mass is 9.90. The maximum Gasteiger partial charge on any atom is 0.0500 e. The molecule has 0 amide bonds. The molecule has 1 rings (SSSR count). The minimum Gasteiger partial charge on any atom is -0.384 e. The van der Waals surface area contributed by atoms with Crippen molar-refractivity contribution >= 4 is 0 Å². The van der Waals surface area contributed by atoms with Gasteiger partial charge in [-0.05, 0) is 44.6 Å². The van der Waals surface area contributed by atoms with E-state index < -0.39 is 0 Å². The van der Waals surface area contributed by atoms with Gasteiger partial charge in [-0.3, -0.25) is 0 Å². The molecule has 0 heterocycles. The summed E-state index contributed by atoms with van der Waals surface area (Å²) in [5.41, 5.74) is 5.98. The van der Waals surface area contributed by atoms with Crippen molar-refractivity contribution in [2.24, 2.45) is 11.7 Å². The second-order valence-corrected chi connectivity index (χ2v) is 5.62. The molecule has 1 aliphatic rings. The van der Waals surface area contributed by atoms with Gasteiger partial charge in [0.25, 0.3) is 0 Å². The van der Waals surface area contributed by atoms with Gasteiger partial charge in [0.1, 0.15) is 0 Å². The highest BCUT2D eigenvalue weighted by Crippen LogP contribution is 2.23. The molecule has 1 aliphatic carbocycles. The molecular formula is C14H30N2O. The van der Waals surface area contributed by atoms with Crippen molar-refractivity contribution in [1.29, 1.82) is 0 Å². The molecular weight excluding hydrogens is 212 g/mol. The van der Waals surface area contributed by atoms with Crippen molar-refractivity contribution in [2.75, 3.05) is 26.8 Å². The molecule has 102 valence electrons. The Morgan fingerprint density at radius 2 is 1.94 bits per heavy atom. The Bertz CT molecular complexity index is 191. The van der Waals surface area contributed by atoms with Gasteiger partial charge in [-0.2, -0.15) is 0 Å². The topological polar surface area (TPSA) is 38.5 Å². The molecule has 0 aromatic carbocycles. The van der Waals surface area contributed by atoms with Crippen LogP contribution < -0.4 is 5.73 Å². The minimum atomic E-state index is 0.450. The van der Waals surface area contributed by atoms with Gasteiger partial charge in [0.15, 0.2) is 0 Å². The first-order valence-electron chi connectivity index (χ1n) is 7.15. The van der Waals surface area contributed by atoms with Crippen LogP contribution in [0.4, 0.5) is 0 Å². The van der Waals surface area contributed by atoms with E-state index in [2.05, 4.69) is 18.7 Å². The lowest BCUT2D eigenvalue weighted by molar-refractivity contribution is 0.0925. The Morgan fingerprint density at radius 3 is 2.47 bits per heavy atom. The molecule has 2 N–H and O–H groups in total. The Morgan fingerprint density at radius 1 is 1.29 bits per heavy atom. The van der Waals surface area contributed by atoms with Crippen LogP contribution in [0.5, 0.6) is 0 Å². The van der Waals surface area contributed by atoms with Gasteiger partial charge in [-0.1, -0.05) is 13.8 Å². The fraction of sp³-hybridized carbons (Fsp3) is 1.00. The second kappa shape index (κ2) is 8.06. The smallest absolute Gasteiger partial charge is 0.0500 e. The molecule has 0 bridgehead atoms. The van der Waals surface area contributed by atoms with Crippen LogP contribution in [0.3, 0.4) is 0 Å². The quantitative estimate of drug-likeness (QED) is 0.744. The van der Waals surface area contributed by atoms with E-state index in [1.54, 1.807) is 7.11 Å². The third-order valence-electron chi connectivity index (χ3n) is 3.77. The molecule has 1 saturated carbocycles. The van der Waals surface area contributed by atoms with Crippen LogP contribution in [0.2, 0.25) is 0 Å². The highest BCUT2D eigenvalue weighted by molar-refractivity contribution is 4.81. The average Bonchev–Trinajstić information content (AvgIpc) is 2.30. The summed E-state index contributed by atoms with van der Waals surface area (Å²) in [5, 5.41) is 0. The largest absolute Gasteiger partial charge is 0.384 e. The molecule has 0 spiro atoms. The summed E-state index contributed by atoms with van der Waals surface area (Å²) in [4.78, 5) is 2.66. The fourth-order valence-electron chi connectivity index (χ4n) is 2.91. The summed E-state index contributed by atoms with van der Waals surface area (Å²) in [6.45, 7) is 7.80. The summed E-state index contributed by atoms with van der Waals surface area (Å²) in [6.07, 6.45) is 6.19. The number of hydrogen-bond donors (Lipinski definition) is 1. The average molecular weight is 242 g/mol. The van der Waals surface area contributed by atoms with Crippen molar-refractivity contribution in [3.63, 3.8) is 0 Å². The standard InChI is InChI=1S/C14H30N2O/c1-4-9-16(10-12(2)11-17-3)14-7-5-13(15)6-8-14/h12-14H,4-11,15H2,1-3H3. The van der Waals surface area contributed by atoms with Gasteiger partial charge in [-0.15, -0.1) is 0 Å². The molecule has 0 aromatic rings. The third-order valence-corrected chi connectivity index (χ3v) is 3.77. The van der Waals surface area contributed by atoms with E-state index >= 15 is 0 Å². The monoisotopic (exact) mass is 242 g/mol. The summed E-state index contributed by atoms with van der Waals surface area (Å²) in [6, 6.07) is 1.21. The Balaban J connectivity index is 2.41. The summed E-state index contributed by atoms with van der Waals surface area (Å²) >= 11 is 0. The first-order valence-corrected chi connectivity index (χ1v) is 7.15. The highest BCUT2D eigenvalue weighted by Gasteiger charge is 2.24. The number of methoxy groups -OCH3 is 1. The first-order chi connectivity index (χ1) is 8.17. The van der Waals surface area contributed by atoms with E-state index in [1.165, 1.54) is 45.2 Å². The number of ether oxygens (including phenoxy) is 1. The minimum absolute atomic E-state index is 0.450. The molecule has 0 aliphatic heterocycles. The predicted octanol–water partition coefficient (Wildman–Crippen LogP) is 2.25. The van der Waals surface area contributed by atoms with Crippen molar-refractivity contribution in [1.82, 2.24) is 4.90 Å². The lowest BCUT2D eigenvalue weighted by Crippen LogP contribution is -2.43. The number of rotatable bonds is 7. The maximum absolute atomic E-state index is 5.98. The van der Waals surface area contributed by atoms with Crippen LogP contribution in [0.25, 0.3) is 0 Å². The third kappa shape index (κ3) is 5.36. The molecule has 3 heteroatoms. The predicted molar refractivity (Wildman–Crippen MR) is 73.1 cm³/mol. The summed E-state index contributed by atoms with van der Waals surface area (Å²) < 4.78 is 5.24. The number of nitrogens with zero attached hydrogens (tertiary/aromatic N) is 1. The Hall–Kier alpha value is -0.120. The molecule has 17 heavy (non-hydrogen) atoms. The second-order valence-electron chi connectivity index (χ2n) is 5.62. The first kappa shape index (κ1) is 14.9. The van der Waals surface area contributed by atoms with Gasteiger partial charge in [-0.25, -0.2) is 0 Å². The SMILES string of the molecule is CCCN(CC(C)COC)C1CCC(N)CC1. The van der Waals surface area contributed by atoms with E-state index in [-0.39, 0.29) is 0 Å². The molecule has 1 fully saturated rings. The van der Waals surface area contributed by atoms with Crippen molar-refractivity contribution < 1.29 is 4.74 Å². The molecule has 1 unspecified atom stereocenters. The maximum atomic E-state index is 5.98. The molecule has 0 radical (unpaired) electrons. The molecule has 1 atom stereocenters. The Labute approximate surface area is 107 Å². The van der Waals surface area contributed by atoms with Crippen LogP contribution in [-0.4, -0.2) is 43.8 Å². The van der Waals surface area contributed by atoms with Crippen LogP contribution in [-0.2, 0) is 4.74 Å². The molecule has 3 nitrogen and oxygen atoms in total. The number of hydrogen-bond acceptors (Lipinski definition) is 3. The van der Waals surface area contributed by atoms with Gasteiger partial charge < -0.3 is 15.4 Å². The van der Waals surface area contributed by atoms with E-state index in [1.807, 2.05) is 0 Å². The summed E-state index contributed by atoms with van der Waals surface area (Å²) in [5.74, 6) is 0.627. The van der Waals surface area contributed by atoms with Gasteiger partial charge >= 0.3 is 0 Å². The van der Waals surface area contributed by atoms with Crippen LogP contribution in [0.1, 0.15) is 46.0 Å². The van der Waals surface area contributed by atoms with Crippen LogP contribution in [0, 0.1) is 5.92 Å². The van der Waals surface area contributed by atoms with Crippen molar-refractivity contribution in [2.45, 2.75) is 58.0 Å². The van der Waals surface area contributed by atoms with Crippen LogP contribution in [0.15, 0.2) is 0 Å². The Kier molecular flexibility index (Phi) is 7.09. The lowest BCUT2D eigenvalue weighted by Gasteiger charge is -2.37. The van der Waals surface area contributed by atoms with Gasteiger partial charge in [0.05, 0.1) is 0 Å². The zero-order chi connectivity index (χ0) is 12.7.